The normalized spacial score (nSPS) is 20.7. The molecular weight excluding hydrogens is 294 g/mol. The van der Waals surface area contributed by atoms with Crippen molar-refractivity contribution in [2.45, 2.75) is 51.2 Å². The van der Waals surface area contributed by atoms with Crippen LogP contribution in [0.25, 0.3) is 0 Å². The molecule has 1 atom stereocenters. The molecule has 0 aromatic carbocycles. The van der Waals surface area contributed by atoms with E-state index in [9.17, 15) is 5.11 Å². The third-order valence-corrected chi connectivity index (χ3v) is 4.64. The number of aliphatic hydroxyl groups excluding tert-OH is 1. The Hall–Kier alpha value is -0.320. The summed E-state index contributed by atoms with van der Waals surface area (Å²) in [5.74, 6) is 0.629. The van der Waals surface area contributed by atoms with Gasteiger partial charge < -0.3 is 9.52 Å². The SMILES string of the molecule is CC(C)(C(O)c1occc1Br)N1CCCCCC1. The molecule has 1 aromatic rings. The molecule has 0 amide bonds. The van der Waals surface area contributed by atoms with E-state index in [0.717, 1.165) is 17.6 Å². The van der Waals surface area contributed by atoms with Crippen LogP contribution in [0.5, 0.6) is 0 Å². The van der Waals surface area contributed by atoms with Crippen molar-refractivity contribution in [2.75, 3.05) is 13.1 Å². The minimum atomic E-state index is -0.611. The van der Waals surface area contributed by atoms with Crippen molar-refractivity contribution < 1.29 is 9.52 Å². The number of aliphatic hydroxyl groups is 1. The van der Waals surface area contributed by atoms with E-state index in [1.54, 1.807) is 6.26 Å². The van der Waals surface area contributed by atoms with Gasteiger partial charge in [0.25, 0.3) is 0 Å². The van der Waals surface area contributed by atoms with Gasteiger partial charge in [-0.25, -0.2) is 0 Å². The number of hydrogen-bond acceptors (Lipinski definition) is 3. The molecule has 18 heavy (non-hydrogen) atoms. The van der Waals surface area contributed by atoms with Crippen LogP contribution < -0.4 is 0 Å². The summed E-state index contributed by atoms with van der Waals surface area (Å²) in [5, 5.41) is 10.6. The first-order valence-electron chi connectivity index (χ1n) is 6.69. The largest absolute Gasteiger partial charge is 0.465 e. The predicted octanol–water partition coefficient (Wildman–Crippen LogP) is 3.73. The molecule has 1 aliphatic heterocycles. The summed E-state index contributed by atoms with van der Waals surface area (Å²) in [7, 11) is 0. The Balaban J connectivity index is 2.16. The topological polar surface area (TPSA) is 36.6 Å². The molecule has 1 N–H and O–H groups in total. The van der Waals surface area contributed by atoms with Gasteiger partial charge in [0, 0.05) is 5.54 Å². The molecule has 1 aromatic heterocycles. The molecule has 1 unspecified atom stereocenters. The van der Waals surface area contributed by atoms with E-state index in [0.29, 0.717) is 5.76 Å². The van der Waals surface area contributed by atoms with Gasteiger partial charge in [-0.1, -0.05) is 12.8 Å². The van der Waals surface area contributed by atoms with Crippen LogP contribution in [0.1, 0.15) is 51.4 Å². The molecule has 1 aliphatic rings. The average molecular weight is 316 g/mol. The quantitative estimate of drug-likeness (QED) is 0.923. The Bertz CT molecular complexity index is 381. The van der Waals surface area contributed by atoms with E-state index < -0.39 is 6.10 Å². The van der Waals surface area contributed by atoms with Crippen LogP contribution in [0.3, 0.4) is 0 Å². The van der Waals surface area contributed by atoms with Crippen LogP contribution in [0.4, 0.5) is 0 Å². The van der Waals surface area contributed by atoms with Crippen molar-refractivity contribution in [2.24, 2.45) is 0 Å². The fraction of sp³-hybridized carbons (Fsp3) is 0.714. The maximum absolute atomic E-state index is 10.6. The van der Waals surface area contributed by atoms with E-state index in [2.05, 4.69) is 34.7 Å². The van der Waals surface area contributed by atoms with E-state index in [4.69, 9.17) is 4.42 Å². The first-order chi connectivity index (χ1) is 8.53. The number of nitrogens with zero attached hydrogens (tertiary/aromatic N) is 1. The van der Waals surface area contributed by atoms with E-state index >= 15 is 0 Å². The summed E-state index contributed by atoms with van der Waals surface area (Å²) >= 11 is 3.43. The molecule has 1 fully saturated rings. The number of furan rings is 1. The fourth-order valence-corrected chi connectivity index (χ4v) is 3.06. The molecule has 2 rings (SSSR count). The van der Waals surface area contributed by atoms with Gasteiger partial charge in [-0.15, -0.1) is 0 Å². The molecule has 0 radical (unpaired) electrons. The highest BCUT2D eigenvalue weighted by molar-refractivity contribution is 9.10. The van der Waals surface area contributed by atoms with Gasteiger partial charge >= 0.3 is 0 Å². The first-order valence-corrected chi connectivity index (χ1v) is 7.49. The molecule has 0 bridgehead atoms. The Labute approximate surface area is 117 Å². The molecular formula is C14H22BrNO2. The van der Waals surface area contributed by atoms with Gasteiger partial charge in [-0.3, -0.25) is 4.90 Å². The van der Waals surface area contributed by atoms with E-state index in [1.165, 1.54) is 25.7 Å². The molecule has 0 spiro atoms. The lowest BCUT2D eigenvalue weighted by atomic mass is 9.92. The lowest BCUT2D eigenvalue weighted by molar-refractivity contribution is -0.0217. The summed E-state index contributed by atoms with van der Waals surface area (Å²) in [5.41, 5.74) is -0.301. The van der Waals surface area contributed by atoms with Crippen LogP contribution in [0, 0.1) is 0 Å². The molecule has 2 heterocycles. The monoisotopic (exact) mass is 315 g/mol. The smallest absolute Gasteiger partial charge is 0.148 e. The van der Waals surface area contributed by atoms with Crippen molar-refractivity contribution in [3.63, 3.8) is 0 Å². The van der Waals surface area contributed by atoms with Crippen LogP contribution in [0.2, 0.25) is 0 Å². The fourth-order valence-electron chi connectivity index (χ4n) is 2.64. The van der Waals surface area contributed by atoms with Crippen molar-refractivity contribution >= 4 is 15.9 Å². The molecule has 102 valence electrons. The van der Waals surface area contributed by atoms with Gasteiger partial charge in [-0.05, 0) is 61.8 Å². The lowest BCUT2D eigenvalue weighted by Gasteiger charge is -2.40. The number of halogens is 1. The number of likely N-dealkylation sites (tertiary alicyclic amines) is 1. The molecule has 1 saturated heterocycles. The van der Waals surface area contributed by atoms with Gasteiger partial charge in [0.15, 0.2) is 0 Å². The van der Waals surface area contributed by atoms with Gasteiger partial charge in [-0.2, -0.15) is 0 Å². The Morgan fingerprint density at radius 2 is 1.89 bits per heavy atom. The standard InChI is InChI=1S/C14H22BrNO2/c1-14(2,16-8-5-3-4-6-9-16)13(17)12-11(15)7-10-18-12/h7,10,13,17H,3-6,8-9H2,1-2H3. The zero-order valence-electron chi connectivity index (χ0n) is 11.2. The minimum absolute atomic E-state index is 0.301. The minimum Gasteiger partial charge on any atom is -0.465 e. The van der Waals surface area contributed by atoms with E-state index in [1.807, 2.05) is 6.07 Å². The van der Waals surface area contributed by atoms with Crippen molar-refractivity contribution in [1.29, 1.82) is 0 Å². The molecule has 3 nitrogen and oxygen atoms in total. The van der Waals surface area contributed by atoms with Crippen LogP contribution >= 0.6 is 15.9 Å². The second-order valence-electron chi connectivity index (χ2n) is 5.59. The summed E-state index contributed by atoms with van der Waals surface area (Å²) in [4.78, 5) is 2.39. The van der Waals surface area contributed by atoms with Gasteiger partial charge in [0.1, 0.15) is 11.9 Å². The number of rotatable bonds is 3. The van der Waals surface area contributed by atoms with Crippen molar-refractivity contribution in [1.82, 2.24) is 4.90 Å². The Morgan fingerprint density at radius 3 is 2.39 bits per heavy atom. The summed E-state index contributed by atoms with van der Waals surface area (Å²) in [6, 6.07) is 1.83. The van der Waals surface area contributed by atoms with E-state index in [-0.39, 0.29) is 5.54 Å². The summed E-state index contributed by atoms with van der Waals surface area (Å²) < 4.78 is 6.26. The zero-order chi connectivity index (χ0) is 13.2. The Morgan fingerprint density at radius 1 is 1.28 bits per heavy atom. The molecule has 0 saturated carbocycles. The van der Waals surface area contributed by atoms with Crippen LogP contribution in [-0.2, 0) is 0 Å². The second kappa shape index (κ2) is 5.76. The van der Waals surface area contributed by atoms with Crippen LogP contribution in [-0.4, -0.2) is 28.6 Å². The summed E-state index contributed by atoms with van der Waals surface area (Å²) in [6.45, 7) is 6.31. The highest BCUT2D eigenvalue weighted by Gasteiger charge is 2.37. The maximum atomic E-state index is 10.6. The average Bonchev–Trinajstić information content (AvgIpc) is 2.61. The van der Waals surface area contributed by atoms with Crippen LogP contribution in [0.15, 0.2) is 21.2 Å². The highest BCUT2D eigenvalue weighted by Crippen LogP contribution is 2.36. The van der Waals surface area contributed by atoms with Crippen molar-refractivity contribution in [3.8, 4) is 0 Å². The third-order valence-electron chi connectivity index (χ3n) is 3.98. The Kier molecular flexibility index (Phi) is 4.51. The summed E-state index contributed by atoms with van der Waals surface area (Å²) in [6.07, 6.45) is 6.03. The van der Waals surface area contributed by atoms with Crippen molar-refractivity contribution in [3.05, 3.63) is 22.6 Å². The van der Waals surface area contributed by atoms with Gasteiger partial charge in [0.05, 0.1) is 10.7 Å². The molecule has 4 heteroatoms. The zero-order valence-corrected chi connectivity index (χ0v) is 12.7. The maximum Gasteiger partial charge on any atom is 0.148 e. The molecule has 0 aliphatic carbocycles. The third kappa shape index (κ3) is 2.81. The van der Waals surface area contributed by atoms with Gasteiger partial charge in [0.2, 0.25) is 0 Å². The first kappa shape index (κ1) is 14.1. The lowest BCUT2D eigenvalue weighted by Crippen LogP contribution is -2.48. The number of hydrogen-bond donors (Lipinski definition) is 1. The highest BCUT2D eigenvalue weighted by atomic mass is 79.9. The second-order valence-corrected chi connectivity index (χ2v) is 6.44. The predicted molar refractivity (Wildman–Crippen MR) is 75.5 cm³/mol.